The number of aryl methyl sites for hydroxylation is 1. The smallest absolute Gasteiger partial charge is 0.183 e. The van der Waals surface area contributed by atoms with Crippen LogP contribution in [0.5, 0.6) is 11.5 Å². The molecule has 2 aliphatic heterocycles. The van der Waals surface area contributed by atoms with Crippen molar-refractivity contribution in [2.24, 2.45) is 0 Å². The fraction of sp³-hybridized carbons (Fsp3) is 0.350. The van der Waals surface area contributed by atoms with Gasteiger partial charge in [0.05, 0.1) is 0 Å². The maximum Gasteiger partial charge on any atom is 0.183 e. The van der Waals surface area contributed by atoms with Crippen molar-refractivity contribution in [3.05, 3.63) is 58.9 Å². The summed E-state index contributed by atoms with van der Waals surface area (Å²) in [6, 6.07) is 11.0. The Kier molecular flexibility index (Phi) is 5.61. The van der Waals surface area contributed by atoms with Gasteiger partial charge in [-0.05, 0) is 41.8 Å². The Hall–Kier alpha value is -1.63. The number of rotatable bonds is 3. The Labute approximate surface area is 164 Å². The first-order chi connectivity index (χ1) is 11.7. The molecule has 0 bridgehead atoms. The molecule has 0 fully saturated rings. The van der Waals surface area contributed by atoms with Crippen LogP contribution in [0.25, 0.3) is 0 Å². The molecule has 2 aromatic carbocycles. The highest BCUT2D eigenvalue weighted by Crippen LogP contribution is 2.35. The Morgan fingerprint density at radius 2 is 1.68 bits per heavy atom. The molecule has 0 saturated carbocycles. The molecule has 132 valence electrons. The van der Waals surface area contributed by atoms with Gasteiger partial charge in [-0.1, -0.05) is 12.1 Å². The summed E-state index contributed by atoms with van der Waals surface area (Å²) >= 11 is 0. The van der Waals surface area contributed by atoms with Gasteiger partial charge in [-0.3, -0.25) is 0 Å². The van der Waals surface area contributed by atoms with Crippen molar-refractivity contribution in [2.75, 3.05) is 26.8 Å². The largest absolute Gasteiger partial charge is 1.00 e. The van der Waals surface area contributed by atoms with E-state index in [9.17, 15) is 4.39 Å². The summed E-state index contributed by atoms with van der Waals surface area (Å²) in [5.41, 5.74) is 5.06. The molecule has 25 heavy (non-hydrogen) atoms. The normalized spacial score (nSPS) is 15.4. The van der Waals surface area contributed by atoms with Crippen LogP contribution in [-0.4, -0.2) is 37.1 Å². The lowest BCUT2D eigenvalue weighted by molar-refractivity contribution is -0.499. The molecular weight excluding hydrogens is 432 g/mol. The average Bonchev–Trinajstić information content (AvgIpc) is 2.61. The third-order valence-corrected chi connectivity index (χ3v) is 4.82. The summed E-state index contributed by atoms with van der Waals surface area (Å²) in [6.45, 7) is 2.23. The first kappa shape index (κ1) is 18.2. The summed E-state index contributed by atoms with van der Waals surface area (Å²) in [4.78, 5) is 0. The summed E-state index contributed by atoms with van der Waals surface area (Å²) < 4.78 is 26.8. The molecule has 0 atom stereocenters. The van der Waals surface area contributed by atoms with Crippen molar-refractivity contribution in [3.63, 3.8) is 0 Å². The maximum absolute atomic E-state index is 13.1. The highest BCUT2D eigenvalue weighted by Gasteiger charge is 2.26. The van der Waals surface area contributed by atoms with Gasteiger partial charge in [0.2, 0.25) is 0 Å². The summed E-state index contributed by atoms with van der Waals surface area (Å²) in [6.07, 6.45) is 2.84. The number of ether oxygens (including phenoxy) is 2. The van der Waals surface area contributed by atoms with Crippen LogP contribution in [-0.2, 0) is 12.8 Å². The van der Waals surface area contributed by atoms with E-state index in [0.29, 0.717) is 13.2 Å². The fourth-order valence-corrected chi connectivity index (χ4v) is 3.47. The van der Waals surface area contributed by atoms with Crippen LogP contribution in [0.1, 0.15) is 23.1 Å². The second-order valence-corrected chi connectivity index (χ2v) is 6.40. The van der Waals surface area contributed by atoms with Gasteiger partial charge < -0.3 is 33.5 Å². The minimum atomic E-state index is -0.185. The van der Waals surface area contributed by atoms with E-state index in [4.69, 9.17) is 9.47 Å². The van der Waals surface area contributed by atoms with Gasteiger partial charge in [0.1, 0.15) is 32.6 Å². The molecule has 0 saturated heterocycles. The second kappa shape index (κ2) is 7.72. The number of benzene rings is 2. The zero-order chi connectivity index (χ0) is 16.5. The monoisotopic (exact) mass is 453 g/mol. The Morgan fingerprint density at radius 1 is 1.00 bits per heavy atom. The molecule has 2 heterocycles. The van der Waals surface area contributed by atoms with E-state index >= 15 is 0 Å². The molecule has 0 aliphatic carbocycles. The Balaban J connectivity index is 0.00000182. The number of hydrogen-bond donors (Lipinski definition) is 0. The van der Waals surface area contributed by atoms with E-state index in [0.717, 1.165) is 42.9 Å². The predicted molar refractivity (Wildman–Crippen MR) is 91.0 cm³/mol. The van der Waals surface area contributed by atoms with Crippen LogP contribution in [0, 0.1) is 5.82 Å². The molecular formula is C20H21FINO2. The zero-order valence-corrected chi connectivity index (χ0v) is 16.4. The third kappa shape index (κ3) is 3.81. The minimum absolute atomic E-state index is 0. The molecule has 0 radical (unpaired) electrons. The van der Waals surface area contributed by atoms with E-state index in [1.165, 1.54) is 29.0 Å². The second-order valence-electron chi connectivity index (χ2n) is 6.40. The number of likely N-dealkylation sites (N-methyl/N-ethyl adjacent to an activating group) is 1. The number of hydrogen-bond acceptors (Lipinski definition) is 2. The van der Waals surface area contributed by atoms with Gasteiger partial charge in [0.25, 0.3) is 0 Å². The topological polar surface area (TPSA) is 21.5 Å². The van der Waals surface area contributed by atoms with Crippen molar-refractivity contribution in [3.8, 4) is 11.5 Å². The van der Waals surface area contributed by atoms with Gasteiger partial charge in [-0.25, -0.2) is 8.97 Å². The first-order valence-electron chi connectivity index (χ1n) is 8.45. The lowest BCUT2D eigenvalue weighted by atomic mass is 9.92. The van der Waals surface area contributed by atoms with Crippen molar-refractivity contribution < 1.29 is 42.4 Å². The van der Waals surface area contributed by atoms with Gasteiger partial charge in [0, 0.05) is 18.4 Å². The summed E-state index contributed by atoms with van der Waals surface area (Å²) in [7, 11) is 2.14. The van der Waals surface area contributed by atoms with Crippen molar-refractivity contribution in [1.82, 2.24) is 0 Å². The van der Waals surface area contributed by atoms with E-state index < -0.39 is 0 Å². The van der Waals surface area contributed by atoms with Crippen molar-refractivity contribution in [1.29, 1.82) is 0 Å². The first-order valence-corrected chi connectivity index (χ1v) is 8.45. The SMILES string of the molecule is C[N+]1=C(CCc2ccc(F)cc2)c2cc3c(cc2CC1)OCCO3.[I-]. The van der Waals surface area contributed by atoms with Crippen molar-refractivity contribution in [2.45, 2.75) is 19.3 Å². The van der Waals surface area contributed by atoms with Gasteiger partial charge >= 0.3 is 0 Å². The van der Waals surface area contributed by atoms with E-state index in [1.54, 1.807) is 0 Å². The van der Waals surface area contributed by atoms with E-state index in [1.807, 2.05) is 12.1 Å². The highest BCUT2D eigenvalue weighted by molar-refractivity contribution is 5.99. The van der Waals surface area contributed by atoms with Gasteiger partial charge in [0.15, 0.2) is 17.2 Å². The standard InChI is InChI=1S/C20H21FNO2.HI/c1-22-9-8-15-12-19-20(24-11-10-23-19)13-17(15)18(22)7-4-14-2-5-16(21)6-3-14;/h2-3,5-6,12-13H,4,7-11H2,1H3;1H/q+1;/p-1. The van der Waals surface area contributed by atoms with Crippen LogP contribution >= 0.6 is 0 Å². The minimum Gasteiger partial charge on any atom is -1.00 e. The fourth-order valence-electron chi connectivity index (χ4n) is 3.47. The molecule has 0 aromatic heterocycles. The molecule has 4 rings (SSSR count). The van der Waals surface area contributed by atoms with Gasteiger partial charge in [-0.15, -0.1) is 0 Å². The molecule has 5 heteroatoms. The van der Waals surface area contributed by atoms with Crippen LogP contribution in [0.4, 0.5) is 4.39 Å². The molecule has 0 N–H and O–H groups in total. The van der Waals surface area contributed by atoms with Gasteiger partial charge in [-0.2, -0.15) is 0 Å². The Bertz CT molecular complexity index is 802. The lowest BCUT2D eigenvalue weighted by Crippen LogP contribution is -3.00. The van der Waals surface area contributed by atoms with Crippen LogP contribution < -0.4 is 33.5 Å². The molecule has 2 aromatic rings. The molecule has 0 unspecified atom stereocenters. The predicted octanol–water partition coefficient (Wildman–Crippen LogP) is 0.221. The van der Waals surface area contributed by atoms with E-state index in [-0.39, 0.29) is 29.8 Å². The van der Waals surface area contributed by atoms with Crippen LogP contribution in [0.15, 0.2) is 36.4 Å². The highest BCUT2D eigenvalue weighted by atomic mass is 127. The average molecular weight is 453 g/mol. The Morgan fingerprint density at radius 3 is 2.40 bits per heavy atom. The molecule has 3 nitrogen and oxygen atoms in total. The van der Waals surface area contributed by atoms with E-state index in [2.05, 4.69) is 23.8 Å². The zero-order valence-electron chi connectivity index (χ0n) is 14.2. The molecule has 0 amide bonds. The van der Waals surface area contributed by atoms with Crippen molar-refractivity contribution >= 4 is 5.71 Å². The number of fused-ring (bicyclic) bond motifs is 2. The summed E-state index contributed by atoms with van der Waals surface area (Å²) in [5.74, 6) is 1.52. The van der Waals surface area contributed by atoms with Crippen LogP contribution in [0.2, 0.25) is 0 Å². The summed E-state index contributed by atoms with van der Waals surface area (Å²) in [5, 5.41) is 0. The van der Waals surface area contributed by atoms with Crippen LogP contribution in [0.3, 0.4) is 0 Å². The number of halogens is 2. The lowest BCUT2D eigenvalue weighted by Gasteiger charge is -2.23. The number of nitrogens with zero attached hydrogens (tertiary/aromatic N) is 1. The molecule has 0 spiro atoms. The quantitative estimate of drug-likeness (QED) is 0.490. The third-order valence-electron chi connectivity index (χ3n) is 4.82. The maximum atomic E-state index is 13.1. The molecule has 2 aliphatic rings.